The second kappa shape index (κ2) is 4.13. The van der Waals surface area contributed by atoms with E-state index in [0.29, 0.717) is 5.56 Å². The maximum absolute atomic E-state index is 11.4. The highest BCUT2D eigenvalue weighted by Gasteiger charge is 2.14. The van der Waals surface area contributed by atoms with E-state index in [1.165, 1.54) is 7.11 Å². The molecule has 2 rings (SSSR count). The van der Waals surface area contributed by atoms with Gasteiger partial charge in [-0.3, -0.25) is 0 Å². The first-order valence-electron chi connectivity index (χ1n) is 4.18. The highest BCUT2D eigenvalue weighted by Crippen LogP contribution is 2.29. The molecule has 0 radical (unpaired) electrons. The molecule has 5 heteroatoms. The van der Waals surface area contributed by atoms with Crippen molar-refractivity contribution in [2.24, 2.45) is 0 Å². The summed E-state index contributed by atoms with van der Waals surface area (Å²) in [5, 5.41) is 0.884. The molecular formula is C10H7BrINO2. The Bertz CT molecular complexity index is 535. The summed E-state index contributed by atoms with van der Waals surface area (Å²) < 4.78 is 6.76. The standard InChI is InChI=1S/C10H7BrINO2/c1-15-10(14)6-4-13-9-5(6)2-3-7(11)8(9)12/h2-4,13H,1H3. The smallest absolute Gasteiger partial charge is 0.340 e. The molecule has 15 heavy (non-hydrogen) atoms. The highest BCUT2D eigenvalue weighted by molar-refractivity contribution is 14.1. The number of halogens is 2. The summed E-state index contributed by atoms with van der Waals surface area (Å²) >= 11 is 5.66. The molecule has 0 saturated carbocycles. The molecule has 0 fully saturated rings. The average Bonchev–Trinajstić information content (AvgIpc) is 2.66. The Morgan fingerprint density at radius 3 is 2.93 bits per heavy atom. The van der Waals surface area contributed by atoms with Gasteiger partial charge in [0.1, 0.15) is 0 Å². The van der Waals surface area contributed by atoms with Crippen molar-refractivity contribution in [2.45, 2.75) is 0 Å². The molecule has 0 aliphatic rings. The SMILES string of the molecule is COC(=O)c1c[nH]c2c(I)c(Br)ccc12. The van der Waals surface area contributed by atoms with Gasteiger partial charge in [0, 0.05) is 16.1 Å². The molecule has 0 saturated heterocycles. The van der Waals surface area contributed by atoms with Crippen LogP contribution in [-0.4, -0.2) is 18.1 Å². The number of aromatic amines is 1. The predicted octanol–water partition coefficient (Wildman–Crippen LogP) is 3.32. The van der Waals surface area contributed by atoms with Gasteiger partial charge in [0.15, 0.2) is 0 Å². The zero-order valence-electron chi connectivity index (χ0n) is 7.80. The molecule has 1 aromatic carbocycles. The first-order valence-corrected chi connectivity index (χ1v) is 6.05. The van der Waals surface area contributed by atoms with Crippen molar-refractivity contribution in [3.63, 3.8) is 0 Å². The largest absolute Gasteiger partial charge is 0.465 e. The van der Waals surface area contributed by atoms with Gasteiger partial charge >= 0.3 is 5.97 Å². The zero-order valence-corrected chi connectivity index (χ0v) is 11.5. The van der Waals surface area contributed by atoms with Crippen molar-refractivity contribution >= 4 is 55.4 Å². The summed E-state index contributed by atoms with van der Waals surface area (Å²) in [5.41, 5.74) is 1.52. The van der Waals surface area contributed by atoms with Crippen molar-refractivity contribution in [1.82, 2.24) is 4.98 Å². The number of nitrogens with one attached hydrogen (secondary N) is 1. The van der Waals surface area contributed by atoms with Crippen LogP contribution in [0.4, 0.5) is 0 Å². The van der Waals surface area contributed by atoms with E-state index in [1.54, 1.807) is 6.20 Å². The third-order valence-corrected chi connectivity index (χ3v) is 4.67. The van der Waals surface area contributed by atoms with Crippen LogP contribution in [0.15, 0.2) is 22.8 Å². The Labute approximate surface area is 108 Å². The van der Waals surface area contributed by atoms with Gasteiger partial charge in [0.2, 0.25) is 0 Å². The number of carbonyl (C=O) groups is 1. The first kappa shape index (κ1) is 10.9. The lowest BCUT2D eigenvalue weighted by atomic mass is 10.2. The number of benzene rings is 1. The van der Waals surface area contributed by atoms with Crippen LogP contribution < -0.4 is 0 Å². The Morgan fingerprint density at radius 2 is 2.27 bits per heavy atom. The predicted molar refractivity (Wildman–Crippen MR) is 70.1 cm³/mol. The van der Waals surface area contributed by atoms with Crippen LogP contribution in [0.3, 0.4) is 0 Å². The van der Waals surface area contributed by atoms with Gasteiger partial charge in [-0.05, 0) is 44.6 Å². The number of rotatable bonds is 1. The van der Waals surface area contributed by atoms with Crippen LogP contribution in [0, 0.1) is 3.57 Å². The maximum Gasteiger partial charge on any atom is 0.340 e. The van der Waals surface area contributed by atoms with Crippen molar-refractivity contribution < 1.29 is 9.53 Å². The van der Waals surface area contributed by atoms with Gasteiger partial charge in [-0.1, -0.05) is 6.07 Å². The summed E-state index contributed by atoms with van der Waals surface area (Å²) in [6.07, 6.45) is 1.67. The lowest BCUT2D eigenvalue weighted by Gasteiger charge is -1.99. The monoisotopic (exact) mass is 379 g/mol. The number of carbonyl (C=O) groups excluding carboxylic acids is 1. The van der Waals surface area contributed by atoms with Crippen LogP contribution in [-0.2, 0) is 4.74 Å². The molecule has 1 heterocycles. The molecule has 0 bridgehead atoms. The van der Waals surface area contributed by atoms with Crippen LogP contribution in [0.5, 0.6) is 0 Å². The van der Waals surface area contributed by atoms with E-state index in [9.17, 15) is 4.79 Å². The summed E-state index contributed by atoms with van der Waals surface area (Å²) in [4.78, 5) is 14.5. The van der Waals surface area contributed by atoms with Crippen LogP contribution in [0.1, 0.15) is 10.4 Å². The summed E-state index contributed by atoms with van der Waals surface area (Å²) in [6, 6.07) is 3.81. The van der Waals surface area contributed by atoms with E-state index in [2.05, 4.69) is 43.5 Å². The van der Waals surface area contributed by atoms with Crippen molar-refractivity contribution in [3.05, 3.63) is 31.9 Å². The number of H-pyrrole nitrogens is 1. The molecule has 1 aromatic heterocycles. The molecule has 0 unspecified atom stereocenters. The van der Waals surface area contributed by atoms with E-state index in [1.807, 2.05) is 12.1 Å². The van der Waals surface area contributed by atoms with Gasteiger partial charge in [0.05, 0.1) is 21.8 Å². The third kappa shape index (κ3) is 1.78. The molecular weight excluding hydrogens is 373 g/mol. The number of hydrogen-bond acceptors (Lipinski definition) is 2. The van der Waals surface area contributed by atoms with Gasteiger partial charge in [-0.2, -0.15) is 0 Å². The van der Waals surface area contributed by atoms with E-state index in [0.717, 1.165) is 18.9 Å². The molecule has 1 N–H and O–H groups in total. The van der Waals surface area contributed by atoms with E-state index in [4.69, 9.17) is 4.74 Å². The fraction of sp³-hybridized carbons (Fsp3) is 0.100. The maximum atomic E-state index is 11.4. The number of esters is 1. The number of hydrogen-bond donors (Lipinski definition) is 1. The zero-order chi connectivity index (χ0) is 11.0. The minimum Gasteiger partial charge on any atom is -0.465 e. The van der Waals surface area contributed by atoms with Crippen LogP contribution in [0.2, 0.25) is 0 Å². The van der Waals surface area contributed by atoms with Crippen molar-refractivity contribution in [1.29, 1.82) is 0 Å². The Balaban J connectivity index is 2.72. The molecule has 2 aromatic rings. The quantitative estimate of drug-likeness (QED) is 0.610. The fourth-order valence-electron chi connectivity index (χ4n) is 1.42. The van der Waals surface area contributed by atoms with Crippen LogP contribution >= 0.6 is 38.5 Å². The number of ether oxygens (including phenoxy) is 1. The minimum absolute atomic E-state index is 0.320. The second-order valence-electron chi connectivity index (χ2n) is 2.98. The second-order valence-corrected chi connectivity index (χ2v) is 4.91. The summed E-state index contributed by atoms with van der Waals surface area (Å²) in [6.45, 7) is 0. The van der Waals surface area contributed by atoms with Gasteiger partial charge < -0.3 is 9.72 Å². The summed E-state index contributed by atoms with van der Waals surface area (Å²) in [5.74, 6) is -0.320. The van der Waals surface area contributed by atoms with Gasteiger partial charge in [0.25, 0.3) is 0 Å². The molecule has 0 aliphatic carbocycles. The van der Waals surface area contributed by atoms with Gasteiger partial charge in [-0.15, -0.1) is 0 Å². The molecule has 3 nitrogen and oxygen atoms in total. The van der Waals surface area contributed by atoms with E-state index in [-0.39, 0.29) is 5.97 Å². The highest BCUT2D eigenvalue weighted by atomic mass is 127. The fourth-order valence-corrected chi connectivity index (χ4v) is 2.37. The molecule has 0 atom stereocenters. The molecule has 0 aliphatic heterocycles. The molecule has 0 amide bonds. The van der Waals surface area contributed by atoms with Crippen molar-refractivity contribution in [2.75, 3.05) is 7.11 Å². The van der Waals surface area contributed by atoms with E-state index >= 15 is 0 Å². The topological polar surface area (TPSA) is 42.1 Å². The molecule has 78 valence electrons. The average molecular weight is 380 g/mol. The molecule has 0 spiro atoms. The Hall–Kier alpha value is -0.560. The lowest BCUT2D eigenvalue weighted by molar-refractivity contribution is 0.0603. The minimum atomic E-state index is -0.320. The third-order valence-electron chi connectivity index (χ3n) is 2.15. The van der Waals surface area contributed by atoms with Crippen LogP contribution in [0.25, 0.3) is 10.9 Å². The van der Waals surface area contributed by atoms with Gasteiger partial charge in [-0.25, -0.2) is 4.79 Å². The first-order chi connectivity index (χ1) is 7.15. The number of methoxy groups -OCH3 is 1. The van der Waals surface area contributed by atoms with E-state index < -0.39 is 0 Å². The normalized spacial score (nSPS) is 10.6. The summed E-state index contributed by atoms with van der Waals surface area (Å²) in [7, 11) is 1.38. The Morgan fingerprint density at radius 1 is 1.53 bits per heavy atom. The number of aromatic nitrogens is 1. The number of fused-ring (bicyclic) bond motifs is 1. The Kier molecular flexibility index (Phi) is 3.01. The van der Waals surface area contributed by atoms with Crippen molar-refractivity contribution in [3.8, 4) is 0 Å². The lowest BCUT2D eigenvalue weighted by Crippen LogP contribution is -1.99.